The molecule has 0 N–H and O–H groups in total. The number of nitrogens with zero attached hydrogens (tertiary/aromatic N) is 2. The summed E-state index contributed by atoms with van der Waals surface area (Å²) in [5.74, 6) is 0.443. The average molecular weight is 475 g/mol. The topological polar surface area (TPSA) is 70.4 Å². The fourth-order valence-corrected chi connectivity index (χ4v) is 5.15. The van der Waals surface area contributed by atoms with Gasteiger partial charge in [-0.1, -0.05) is 18.0 Å². The normalized spacial score (nSPS) is 14.6. The maximum Gasteiger partial charge on any atom is 0.348 e. The lowest BCUT2D eigenvalue weighted by atomic mass is 9.98. The van der Waals surface area contributed by atoms with Crippen molar-refractivity contribution in [1.82, 2.24) is 9.55 Å². The van der Waals surface area contributed by atoms with E-state index in [4.69, 9.17) is 21.1 Å². The Morgan fingerprint density at radius 2 is 1.94 bits per heavy atom. The number of aryl methyl sites for hydroxylation is 2. The van der Waals surface area contributed by atoms with Gasteiger partial charge in [-0.2, -0.15) is 0 Å². The molecule has 32 heavy (non-hydrogen) atoms. The molecule has 1 aliphatic rings. The third kappa shape index (κ3) is 5.33. The van der Waals surface area contributed by atoms with E-state index in [0.717, 1.165) is 44.3 Å². The highest BCUT2D eigenvalue weighted by molar-refractivity contribution is 7.20. The van der Waals surface area contributed by atoms with Crippen molar-refractivity contribution in [3.05, 3.63) is 56.4 Å². The summed E-state index contributed by atoms with van der Waals surface area (Å²) in [5, 5.41) is 1.19. The number of carbonyl (C=O) groups excluding carboxylic acids is 1. The Labute approximate surface area is 196 Å². The molecule has 1 saturated carbocycles. The van der Waals surface area contributed by atoms with Gasteiger partial charge in [0.1, 0.15) is 21.6 Å². The van der Waals surface area contributed by atoms with Crippen LogP contribution in [0.5, 0.6) is 5.75 Å². The molecule has 0 radical (unpaired) electrons. The van der Waals surface area contributed by atoms with Gasteiger partial charge in [-0.25, -0.2) is 9.78 Å². The van der Waals surface area contributed by atoms with Crippen molar-refractivity contribution >= 4 is 39.1 Å². The summed E-state index contributed by atoms with van der Waals surface area (Å²) in [5.41, 5.74) is 0.558. The molecule has 1 aliphatic carbocycles. The van der Waals surface area contributed by atoms with Crippen molar-refractivity contribution in [1.29, 1.82) is 0 Å². The third-order valence-electron chi connectivity index (χ3n) is 5.80. The van der Waals surface area contributed by atoms with E-state index in [2.05, 4.69) is 4.98 Å². The quantitative estimate of drug-likeness (QED) is 0.306. The Hall–Kier alpha value is -2.38. The van der Waals surface area contributed by atoms with Gasteiger partial charge in [0.25, 0.3) is 5.56 Å². The zero-order valence-corrected chi connectivity index (χ0v) is 19.7. The van der Waals surface area contributed by atoms with Crippen molar-refractivity contribution in [2.75, 3.05) is 6.61 Å². The van der Waals surface area contributed by atoms with Crippen LogP contribution in [0, 0.1) is 6.92 Å². The number of esters is 1. The van der Waals surface area contributed by atoms with Crippen LogP contribution in [0.25, 0.3) is 10.2 Å². The monoisotopic (exact) mass is 474 g/mol. The van der Waals surface area contributed by atoms with Gasteiger partial charge in [-0.15, -0.1) is 11.3 Å². The highest BCUT2D eigenvalue weighted by Crippen LogP contribution is 2.29. The maximum absolute atomic E-state index is 13.0. The van der Waals surface area contributed by atoms with Crippen LogP contribution in [-0.4, -0.2) is 28.2 Å². The second-order valence-electron chi connectivity index (χ2n) is 8.15. The van der Waals surface area contributed by atoms with Crippen LogP contribution in [0.1, 0.15) is 60.2 Å². The predicted octanol–water partition coefficient (Wildman–Crippen LogP) is 5.77. The van der Waals surface area contributed by atoms with Crippen LogP contribution < -0.4 is 10.3 Å². The zero-order chi connectivity index (χ0) is 22.5. The van der Waals surface area contributed by atoms with Crippen LogP contribution in [0.4, 0.5) is 0 Å². The smallest absolute Gasteiger partial charge is 0.348 e. The minimum Gasteiger partial charge on any atom is -0.494 e. The number of aromatic nitrogens is 2. The Kier molecular flexibility index (Phi) is 7.48. The minimum absolute atomic E-state index is 0.0134. The van der Waals surface area contributed by atoms with Crippen LogP contribution in [0.3, 0.4) is 0 Å². The molecule has 1 aromatic carbocycles. The summed E-state index contributed by atoms with van der Waals surface area (Å²) < 4.78 is 13.0. The molecule has 0 bridgehead atoms. The number of thiophene rings is 1. The van der Waals surface area contributed by atoms with E-state index < -0.39 is 0 Å². The van der Waals surface area contributed by atoms with Crippen LogP contribution in [-0.2, 0) is 11.3 Å². The lowest BCUT2D eigenvalue weighted by Gasteiger charge is -2.21. The van der Waals surface area contributed by atoms with Gasteiger partial charge in [0.15, 0.2) is 0 Å². The van der Waals surface area contributed by atoms with Crippen molar-refractivity contribution < 1.29 is 14.3 Å². The van der Waals surface area contributed by atoms with Crippen molar-refractivity contribution in [3.8, 4) is 5.75 Å². The van der Waals surface area contributed by atoms with Crippen molar-refractivity contribution in [2.45, 2.75) is 64.5 Å². The molecule has 0 spiro atoms. The predicted molar refractivity (Wildman–Crippen MR) is 127 cm³/mol. The van der Waals surface area contributed by atoms with E-state index >= 15 is 0 Å². The summed E-state index contributed by atoms with van der Waals surface area (Å²) in [6.07, 6.45) is 8.37. The molecular weight excluding hydrogens is 448 g/mol. The number of benzene rings is 1. The molecule has 0 aliphatic heterocycles. The minimum atomic E-state index is -0.331. The number of hydrogen-bond donors (Lipinski definition) is 0. The SMILES string of the molecule is Cc1c(C(=O)OC2CCCCC2)sc2ncn(CCCCOc3ccc(Cl)cc3)c(=O)c12. The number of halogens is 1. The van der Waals surface area contributed by atoms with Gasteiger partial charge in [0.05, 0.1) is 18.3 Å². The van der Waals surface area contributed by atoms with Gasteiger partial charge >= 0.3 is 5.97 Å². The number of fused-ring (bicyclic) bond motifs is 1. The molecule has 0 saturated heterocycles. The van der Waals surface area contributed by atoms with Crippen LogP contribution in [0.2, 0.25) is 5.02 Å². The molecule has 0 unspecified atom stereocenters. The molecule has 2 aromatic heterocycles. The first-order valence-electron chi connectivity index (χ1n) is 11.1. The fourth-order valence-electron chi connectivity index (χ4n) is 4.01. The summed E-state index contributed by atoms with van der Waals surface area (Å²) in [6.45, 7) is 2.91. The lowest BCUT2D eigenvalue weighted by molar-refractivity contribution is 0.0216. The second-order valence-corrected chi connectivity index (χ2v) is 9.59. The summed E-state index contributed by atoms with van der Waals surface area (Å²) in [6, 6.07) is 7.25. The zero-order valence-electron chi connectivity index (χ0n) is 18.1. The summed E-state index contributed by atoms with van der Waals surface area (Å²) >= 11 is 7.12. The van der Waals surface area contributed by atoms with E-state index in [1.54, 1.807) is 23.0 Å². The molecule has 0 amide bonds. The molecule has 170 valence electrons. The van der Waals surface area contributed by atoms with Gasteiger partial charge in [-0.3, -0.25) is 9.36 Å². The number of unbranched alkanes of at least 4 members (excludes halogenated alkanes) is 1. The summed E-state index contributed by atoms with van der Waals surface area (Å²) in [4.78, 5) is 31.3. The number of carbonyl (C=O) groups is 1. The molecule has 0 atom stereocenters. The lowest BCUT2D eigenvalue weighted by Crippen LogP contribution is -2.22. The van der Waals surface area contributed by atoms with Gasteiger partial charge in [0, 0.05) is 11.6 Å². The first-order valence-corrected chi connectivity index (χ1v) is 12.3. The van der Waals surface area contributed by atoms with E-state index in [0.29, 0.717) is 38.8 Å². The maximum atomic E-state index is 13.0. The standard InChI is InChI=1S/C24H27ClN2O4S/c1-16-20-22(32-21(16)24(29)31-19-7-3-2-4-8-19)26-15-27(23(20)28)13-5-6-14-30-18-11-9-17(25)10-12-18/h9-12,15,19H,2-8,13-14H2,1H3. The fraction of sp³-hybridized carbons (Fsp3) is 0.458. The molecule has 1 fully saturated rings. The van der Waals surface area contributed by atoms with E-state index in [9.17, 15) is 9.59 Å². The Balaban J connectivity index is 1.37. The first kappa shape index (κ1) is 22.8. The van der Waals surface area contributed by atoms with Gasteiger partial charge < -0.3 is 9.47 Å². The molecule has 4 rings (SSSR count). The van der Waals surface area contributed by atoms with Crippen molar-refractivity contribution in [2.24, 2.45) is 0 Å². The van der Waals surface area contributed by atoms with E-state index in [1.165, 1.54) is 17.8 Å². The molecule has 6 nitrogen and oxygen atoms in total. The first-order chi connectivity index (χ1) is 15.5. The number of ether oxygens (including phenoxy) is 2. The largest absolute Gasteiger partial charge is 0.494 e. The Bertz CT molecular complexity index is 1130. The molecule has 2 heterocycles. The summed E-state index contributed by atoms with van der Waals surface area (Å²) in [7, 11) is 0. The molecule has 3 aromatic rings. The Morgan fingerprint density at radius 1 is 1.19 bits per heavy atom. The Morgan fingerprint density at radius 3 is 2.69 bits per heavy atom. The number of rotatable bonds is 8. The van der Waals surface area contributed by atoms with Crippen LogP contribution >= 0.6 is 22.9 Å². The highest BCUT2D eigenvalue weighted by Gasteiger charge is 2.24. The van der Waals surface area contributed by atoms with E-state index in [1.807, 2.05) is 19.1 Å². The third-order valence-corrected chi connectivity index (χ3v) is 7.24. The van der Waals surface area contributed by atoms with E-state index in [-0.39, 0.29) is 17.6 Å². The van der Waals surface area contributed by atoms with Gasteiger partial charge in [-0.05, 0) is 75.3 Å². The molecule has 8 heteroatoms. The van der Waals surface area contributed by atoms with Crippen LogP contribution in [0.15, 0.2) is 35.4 Å². The van der Waals surface area contributed by atoms with Crippen molar-refractivity contribution in [3.63, 3.8) is 0 Å². The highest BCUT2D eigenvalue weighted by atomic mass is 35.5. The molecular formula is C24H27ClN2O4S. The van der Waals surface area contributed by atoms with Gasteiger partial charge in [0.2, 0.25) is 0 Å². The number of hydrogen-bond acceptors (Lipinski definition) is 6. The average Bonchev–Trinajstić information content (AvgIpc) is 3.14. The second kappa shape index (κ2) is 10.5.